The quantitative estimate of drug-likeness (QED) is 0.203. The lowest BCUT2D eigenvalue weighted by Gasteiger charge is -2.30. The molecule has 0 unspecified atom stereocenters. The van der Waals surface area contributed by atoms with Gasteiger partial charge in [0.05, 0.1) is 38.4 Å². The van der Waals surface area contributed by atoms with Crippen molar-refractivity contribution in [3.63, 3.8) is 0 Å². The van der Waals surface area contributed by atoms with Crippen LogP contribution in [0.2, 0.25) is 0 Å². The van der Waals surface area contributed by atoms with E-state index in [-0.39, 0.29) is 23.8 Å². The maximum atomic E-state index is 13.8. The van der Waals surface area contributed by atoms with Crippen molar-refractivity contribution in [2.75, 3.05) is 62.8 Å². The highest BCUT2D eigenvalue weighted by Crippen LogP contribution is 2.38. The van der Waals surface area contributed by atoms with Crippen LogP contribution in [0.1, 0.15) is 54.2 Å². The second-order valence-electron chi connectivity index (χ2n) is 12.4. The van der Waals surface area contributed by atoms with Crippen LogP contribution in [0.15, 0.2) is 60.7 Å². The zero-order valence-electron chi connectivity index (χ0n) is 26.6. The molecule has 3 aromatic rings. The van der Waals surface area contributed by atoms with Gasteiger partial charge in [-0.1, -0.05) is 57.2 Å². The van der Waals surface area contributed by atoms with E-state index in [4.69, 9.17) is 18.9 Å². The van der Waals surface area contributed by atoms with E-state index in [1.165, 1.54) is 16.7 Å². The van der Waals surface area contributed by atoms with Crippen LogP contribution in [0, 0.1) is 0 Å². The van der Waals surface area contributed by atoms with E-state index < -0.39 is 10.0 Å². The van der Waals surface area contributed by atoms with Gasteiger partial charge in [0.15, 0.2) is 6.79 Å². The number of nitrogens with zero attached hydrogens (tertiary/aromatic N) is 1. The van der Waals surface area contributed by atoms with Gasteiger partial charge in [-0.15, -0.1) is 0 Å². The zero-order valence-corrected chi connectivity index (χ0v) is 27.5. The first-order valence-electron chi connectivity index (χ1n) is 15.1. The molecule has 2 heterocycles. The highest BCUT2D eigenvalue weighted by atomic mass is 32.2. The fourth-order valence-electron chi connectivity index (χ4n) is 5.60. The Bertz CT molecular complexity index is 1690. The molecule has 3 aromatic carbocycles. The molecule has 1 N–H and O–H groups in total. The molecule has 0 atom stereocenters. The van der Waals surface area contributed by atoms with Crippen molar-refractivity contribution in [1.82, 2.24) is 0 Å². The average Bonchev–Trinajstić information content (AvgIpc) is 3.00. The molecule has 0 aromatic heterocycles. The van der Waals surface area contributed by atoms with Crippen LogP contribution in [0.25, 0.3) is 16.7 Å². The SMILES string of the molecule is COCCOCOc1ccc(N2CCc3cc(-c4ccc(C(C)(C)C)cc4C4=CCOCC4)ccc3C2=O)cc1NS(C)(=O)=O. The summed E-state index contributed by atoms with van der Waals surface area (Å²) in [5, 5.41) is 0. The Balaban J connectivity index is 1.42. The molecule has 0 spiro atoms. The third-order valence-electron chi connectivity index (χ3n) is 7.99. The number of hydrogen-bond donors (Lipinski definition) is 1. The Morgan fingerprint density at radius 2 is 1.76 bits per heavy atom. The average molecular weight is 635 g/mol. The van der Waals surface area contributed by atoms with Gasteiger partial charge in [-0.3, -0.25) is 9.52 Å². The predicted molar refractivity (Wildman–Crippen MR) is 178 cm³/mol. The summed E-state index contributed by atoms with van der Waals surface area (Å²) in [5.74, 6) is 0.157. The van der Waals surface area contributed by atoms with Crippen molar-refractivity contribution in [2.45, 2.75) is 39.0 Å². The molecule has 0 saturated carbocycles. The summed E-state index contributed by atoms with van der Waals surface area (Å²) < 4.78 is 48.3. The molecule has 0 bridgehead atoms. The normalized spacial score (nSPS) is 15.4. The van der Waals surface area contributed by atoms with Crippen LogP contribution in [0.3, 0.4) is 0 Å². The summed E-state index contributed by atoms with van der Waals surface area (Å²) in [5.41, 5.74) is 8.44. The van der Waals surface area contributed by atoms with Crippen LogP contribution in [-0.4, -0.2) is 67.5 Å². The summed E-state index contributed by atoms with van der Waals surface area (Å²) in [7, 11) is -2.03. The molecule has 0 aliphatic carbocycles. The molecule has 2 aliphatic heterocycles. The maximum Gasteiger partial charge on any atom is 0.258 e. The van der Waals surface area contributed by atoms with Gasteiger partial charge in [-0.25, -0.2) is 8.42 Å². The number of hydrogen-bond acceptors (Lipinski definition) is 7. The van der Waals surface area contributed by atoms with Gasteiger partial charge in [0.25, 0.3) is 5.91 Å². The van der Waals surface area contributed by atoms with Gasteiger partial charge >= 0.3 is 0 Å². The Hall–Kier alpha value is -3.70. The van der Waals surface area contributed by atoms with Crippen LogP contribution in [-0.2, 0) is 36.1 Å². The van der Waals surface area contributed by atoms with Gasteiger partial charge < -0.3 is 23.8 Å². The second-order valence-corrected chi connectivity index (χ2v) is 14.1. The monoisotopic (exact) mass is 634 g/mol. The molecule has 10 heteroatoms. The second kappa shape index (κ2) is 13.7. The van der Waals surface area contributed by atoms with E-state index in [1.54, 1.807) is 30.2 Å². The van der Waals surface area contributed by atoms with Crippen LogP contribution in [0.4, 0.5) is 11.4 Å². The molecule has 2 aliphatic rings. The molecular formula is C35H42N2O7S. The highest BCUT2D eigenvalue weighted by Gasteiger charge is 2.27. The standard InChI is InChI=1S/C35H42N2O7S/c1-35(2,3)27-7-10-29(31(21-27)24-13-16-42-17-14-24)25-6-9-30-26(20-25)12-15-37(34(30)38)28-8-11-33(44-23-43-19-18-41-4)32(22-28)36-45(5,39)40/h6-11,13,20-22,36H,12,14-19,23H2,1-5H3. The molecular weight excluding hydrogens is 592 g/mol. The van der Waals surface area contributed by atoms with Crippen molar-refractivity contribution >= 4 is 32.9 Å². The van der Waals surface area contributed by atoms with Crippen molar-refractivity contribution < 1.29 is 32.2 Å². The van der Waals surface area contributed by atoms with E-state index in [2.05, 4.69) is 55.8 Å². The van der Waals surface area contributed by atoms with Crippen molar-refractivity contribution in [2.24, 2.45) is 0 Å². The van der Waals surface area contributed by atoms with Gasteiger partial charge in [-0.05, 0) is 75.9 Å². The predicted octanol–water partition coefficient (Wildman–Crippen LogP) is 6.03. The van der Waals surface area contributed by atoms with Crippen molar-refractivity contribution in [1.29, 1.82) is 0 Å². The van der Waals surface area contributed by atoms with Gasteiger partial charge in [0.1, 0.15) is 5.75 Å². The number of rotatable bonds is 11. The minimum atomic E-state index is -3.61. The van der Waals surface area contributed by atoms with Crippen molar-refractivity contribution in [3.8, 4) is 16.9 Å². The molecule has 9 nitrogen and oxygen atoms in total. The Labute approximate surface area is 266 Å². The highest BCUT2D eigenvalue weighted by molar-refractivity contribution is 7.92. The molecule has 1 amide bonds. The molecule has 0 radical (unpaired) electrons. The molecule has 0 saturated heterocycles. The van der Waals surface area contributed by atoms with E-state index in [1.807, 2.05) is 12.1 Å². The number of nitrogens with one attached hydrogen (secondary N) is 1. The Kier molecular flexibility index (Phi) is 9.98. The summed E-state index contributed by atoms with van der Waals surface area (Å²) in [6.07, 6.45) is 4.76. The first kappa shape index (κ1) is 32.7. The third kappa shape index (κ3) is 7.94. The number of fused-ring (bicyclic) bond motifs is 1. The Morgan fingerprint density at radius 1 is 0.956 bits per heavy atom. The molecule has 240 valence electrons. The van der Waals surface area contributed by atoms with Crippen LogP contribution in [0.5, 0.6) is 5.75 Å². The number of amides is 1. The van der Waals surface area contributed by atoms with E-state index in [0.717, 1.165) is 29.4 Å². The fraction of sp³-hybridized carbons (Fsp3) is 0.400. The third-order valence-corrected chi connectivity index (χ3v) is 8.58. The lowest BCUT2D eigenvalue weighted by molar-refractivity contribution is -0.00814. The number of ether oxygens (including phenoxy) is 4. The van der Waals surface area contributed by atoms with Gasteiger partial charge in [-0.2, -0.15) is 0 Å². The van der Waals surface area contributed by atoms with Crippen molar-refractivity contribution in [3.05, 3.63) is 82.9 Å². The number of sulfonamides is 1. The molecule has 0 fully saturated rings. The zero-order chi connectivity index (χ0) is 32.2. The summed E-state index contributed by atoms with van der Waals surface area (Å²) in [6, 6.07) is 17.8. The van der Waals surface area contributed by atoms with Crippen LogP contribution < -0.4 is 14.4 Å². The van der Waals surface area contributed by atoms with E-state index in [0.29, 0.717) is 56.4 Å². The molecule has 5 rings (SSSR count). The number of benzene rings is 3. The lowest BCUT2D eigenvalue weighted by Crippen LogP contribution is -2.37. The minimum absolute atomic E-state index is 0.0175. The maximum absolute atomic E-state index is 13.8. The summed E-state index contributed by atoms with van der Waals surface area (Å²) in [4.78, 5) is 15.5. The minimum Gasteiger partial charge on any atom is -0.465 e. The summed E-state index contributed by atoms with van der Waals surface area (Å²) in [6.45, 7) is 9.10. The van der Waals surface area contributed by atoms with E-state index >= 15 is 0 Å². The Morgan fingerprint density at radius 3 is 2.47 bits per heavy atom. The largest absolute Gasteiger partial charge is 0.465 e. The summed E-state index contributed by atoms with van der Waals surface area (Å²) >= 11 is 0. The van der Waals surface area contributed by atoms with Gasteiger partial charge in [0, 0.05) is 24.9 Å². The topological polar surface area (TPSA) is 103 Å². The first-order chi connectivity index (χ1) is 21.4. The number of methoxy groups -OCH3 is 1. The van der Waals surface area contributed by atoms with E-state index in [9.17, 15) is 13.2 Å². The van der Waals surface area contributed by atoms with Crippen LogP contribution >= 0.6 is 0 Å². The number of carbonyl (C=O) groups is 1. The fourth-order valence-corrected chi connectivity index (χ4v) is 6.16. The number of anilines is 2. The molecule has 45 heavy (non-hydrogen) atoms. The first-order valence-corrected chi connectivity index (χ1v) is 17.0. The van der Waals surface area contributed by atoms with Gasteiger partial charge in [0.2, 0.25) is 10.0 Å². The lowest BCUT2D eigenvalue weighted by atomic mass is 9.82. The number of carbonyl (C=O) groups excluding carboxylic acids is 1. The smallest absolute Gasteiger partial charge is 0.258 e.